The summed E-state index contributed by atoms with van der Waals surface area (Å²) < 4.78 is 38.7. The molecule has 0 spiro atoms. The van der Waals surface area contributed by atoms with E-state index in [1.54, 1.807) is 19.4 Å². The third-order valence-electron chi connectivity index (χ3n) is 4.95. The molecule has 1 aliphatic rings. The number of benzene rings is 1. The number of aliphatic hydroxyl groups excluding tert-OH is 1. The van der Waals surface area contributed by atoms with Crippen molar-refractivity contribution in [2.24, 2.45) is 0 Å². The van der Waals surface area contributed by atoms with Crippen LogP contribution in [-0.2, 0) is 41.6 Å². The van der Waals surface area contributed by atoms with Gasteiger partial charge in [0.25, 0.3) is 0 Å². The number of nitrogens with zero attached hydrogens (tertiary/aromatic N) is 2. The van der Waals surface area contributed by atoms with E-state index in [1.807, 2.05) is 18.2 Å². The molecule has 188 valence electrons. The largest absolute Gasteiger partial charge is 0.491 e. The van der Waals surface area contributed by atoms with Crippen molar-refractivity contribution in [3.63, 3.8) is 0 Å². The third-order valence-corrected chi connectivity index (χ3v) is 4.95. The molecule has 0 amide bonds. The minimum absolute atomic E-state index is 0.0895. The quantitative estimate of drug-likeness (QED) is 0.357. The Labute approximate surface area is 200 Å². The lowest BCUT2D eigenvalue weighted by Crippen LogP contribution is -2.33. The first-order valence-electron chi connectivity index (χ1n) is 11.4. The van der Waals surface area contributed by atoms with Crippen LogP contribution in [0.25, 0.3) is 11.4 Å². The van der Waals surface area contributed by atoms with E-state index < -0.39 is 0 Å². The molecule has 2 aromatic rings. The Morgan fingerprint density at radius 2 is 1.79 bits per heavy atom. The fourth-order valence-electron chi connectivity index (χ4n) is 3.20. The first-order chi connectivity index (χ1) is 16.8. The smallest absolute Gasteiger partial charge is 0.159 e. The van der Waals surface area contributed by atoms with Crippen LogP contribution in [-0.4, -0.2) is 94.4 Å². The van der Waals surface area contributed by atoms with E-state index in [0.717, 1.165) is 11.1 Å². The van der Waals surface area contributed by atoms with Crippen LogP contribution in [0.4, 0.5) is 0 Å². The van der Waals surface area contributed by atoms with Crippen LogP contribution in [0, 0.1) is 0 Å². The highest BCUT2D eigenvalue weighted by Crippen LogP contribution is 2.26. The van der Waals surface area contributed by atoms with E-state index in [9.17, 15) is 5.11 Å². The minimum Gasteiger partial charge on any atom is -0.491 e. The fraction of sp³-hybridized carbons (Fsp3) is 0.583. The first kappa shape index (κ1) is 26.4. The molecule has 1 N–H and O–H groups in total. The van der Waals surface area contributed by atoms with E-state index in [-0.39, 0.29) is 12.7 Å². The highest BCUT2D eigenvalue weighted by molar-refractivity contribution is 5.61. The Balaban J connectivity index is 1.55. The van der Waals surface area contributed by atoms with Crippen LogP contribution in [0.1, 0.15) is 11.3 Å². The van der Waals surface area contributed by atoms with Crippen LogP contribution in [0.5, 0.6) is 5.75 Å². The molecule has 1 aromatic heterocycles. The average molecular weight is 479 g/mol. The highest BCUT2D eigenvalue weighted by atomic mass is 16.6. The van der Waals surface area contributed by atoms with Crippen molar-refractivity contribution in [1.29, 1.82) is 0 Å². The number of hydrogen-bond donors (Lipinski definition) is 1. The van der Waals surface area contributed by atoms with Crippen LogP contribution in [0.3, 0.4) is 0 Å². The molecular formula is C24H34N2O8. The number of aromatic nitrogens is 2. The maximum Gasteiger partial charge on any atom is 0.159 e. The van der Waals surface area contributed by atoms with Crippen molar-refractivity contribution in [1.82, 2.24) is 9.97 Å². The van der Waals surface area contributed by atoms with E-state index in [1.165, 1.54) is 0 Å². The van der Waals surface area contributed by atoms with Crippen molar-refractivity contribution in [3.8, 4) is 17.1 Å². The molecule has 0 saturated carbocycles. The van der Waals surface area contributed by atoms with Crippen LogP contribution in [0.2, 0.25) is 0 Å². The molecule has 1 fully saturated rings. The zero-order valence-electron chi connectivity index (χ0n) is 19.6. The van der Waals surface area contributed by atoms with Gasteiger partial charge in [0.1, 0.15) is 18.5 Å². The van der Waals surface area contributed by atoms with Crippen LogP contribution in [0.15, 0.2) is 30.5 Å². The van der Waals surface area contributed by atoms with Crippen molar-refractivity contribution in [2.75, 3.05) is 73.2 Å². The van der Waals surface area contributed by atoms with Gasteiger partial charge in [-0.25, -0.2) is 9.97 Å². The van der Waals surface area contributed by atoms with Crippen molar-refractivity contribution in [2.45, 2.75) is 19.3 Å². The Kier molecular flexibility index (Phi) is 12.2. The molecule has 10 heteroatoms. The van der Waals surface area contributed by atoms with Gasteiger partial charge in [0.05, 0.1) is 78.4 Å². The lowest BCUT2D eigenvalue weighted by atomic mass is 10.1. The predicted molar refractivity (Wildman–Crippen MR) is 123 cm³/mol. The molecule has 34 heavy (non-hydrogen) atoms. The Bertz CT molecular complexity index is 832. The summed E-state index contributed by atoms with van der Waals surface area (Å²) in [5.41, 5.74) is 2.23. The van der Waals surface area contributed by atoms with Gasteiger partial charge in [0, 0.05) is 18.9 Å². The van der Waals surface area contributed by atoms with E-state index in [0.29, 0.717) is 89.9 Å². The summed E-state index contributed by atoms with van der Waals surface area (Å²) in [6.07, 6.45) is 1.54. The Hall–Kier alpha value is -2.18. The van der Waals surface area contributed by atoms with E-state index in [4.69, 9.17) is 33.2 Å². The van der Waals surface area contributed by atoms with Crippen molar-refractivity contribution >= 4 is 0 Å². The van der Waals surface area contributed by atoms with Gasteiger partial charge >= 0.3 is 0 Å². The lowest BCUT2D eigenvalue weighted by molar-refractivity contribution is -0.101. The molecule has 3 rings (SSSR count). The zero-order valence-corrected chi connectivity index (χ0v) is 19.6. The second-order valence-corrected chi connectivity index (χ2v) is 7.50. The molecule has 1 aromatic carbocycles. The minimum atomic E-state index is -0.154. The molecule has 0 aliphatic carbocycles. The number of aliphatic hydroxyl groups is 1. The SMILES string of the molecule is COCCOCCOCCOCc1cc(OC[C@H]2COCCO2)ccc1-c1nccc(CO)n1. The second kappa shape index (κ2) is 15.7. The molecule has 0 radical (unpaired) electrons. The van der Waals surface area contributed by atoms with Gasteiger partial charge in [-0.3, -0.25) is 0 Å². The summed E-state index contributed by atoms with van der Waals surface area (Å²) in [7, 11) is 1.64. The van der Waals surface area contributed by atoms with Crippen molar-refractivity contribution < 1.29 is 38.3 Å². The van der Waals surface area contributed by atoms with Gasteiger partial charge in [-0.2, -0.15) is 0 Å². The Morgan fingerprint density at radius 1 is 1.00 bits per heavy atom. The second-order valence-electron chi connectivity index (χ2n) is 7.50. The first-order valence-corrected chi connectivity index (χ1v) is 11.4. The summed E-state index contributed by atoms with van der Waals surface area (Å²) in [6.45, 7) is 5.30. The molecule has 1 saturated heterocycles. The summed E-state index contributed by atoms with van der Waals surface area (Å²) >= 11 is 0. The van der Waals surface area contributed by atoms with Gasteiger partial charge in [0.15, 0.2) is 5.82 Å². The monoisotopic (exact) mass is 478 g/mol. The number of rotatable bonds is 16. The van der Waals surface area contributed by atoms with Crippen LogP contribution < -0.4 is 4.74 Å². The molecular weight excluding hydrogens is 444 g/mol. The molecule has 10 nitrogen and oxygen atoms in total. The fourth-order valence-corrected chi connectivity index (χ4v) is 3.20. The molecule has 2 heterocycles. The van der Waals surface area contributed by atoms with Gasteiger partial charge in [-0.05, 0) is 29.8 Å². The highest BCUT2D eigenvalue weighted by Gasteiger charge is 2.16. The van der Waals surface area contributed by atoms with Gasteiger partial charge in [0.2, 0.25) is 0 Å². The van der Waals surface area contributed by atoms with Gasteiger partial charge < -0.3 is 38.3 Å². The maximum atomic E-state index is 9.43. The summed E-state index contributed by atoms with van der Waals surface area (Å²) in [6, 6.07) is 7.36. The number of methoxy groups -OCH3 is 1. The number of ether oxygens (including phenoxy) is 7. The van der Waals surface area contributed by atoms with Gasteiger partial charge in [-0.15, -0.1) is 0 Å². The molecule has 1 atom stereocenters. The summed E-state index contributed by atoms with van der Waals surface area (Å²) in [5, 5.41) is 9.43. The number of hydrogen-bond acceptors (Lipinski definition) is 10. The summed E-state index contributed by atoms with van der Waals surface area (Å²) in [4.78, 5) is 8.79. The van der Waals surface area contributed by atoms with E-state index in [2.05, 4.69) is 9.97 Å². The molecule has 0 bridgehead atoms. The third kappa shape index (κ3) is 9.22. The molecule has 1 aliphatic heterocycles. The Morgan fingerprint density at radius 3 is 2.53 bits per heavy atom. The van der Waals surface area contributed by atoms with E-state index >= 15 is 0 Å². The standard InChI is InChI=1S/C24H34N2O8/c1-28-6-7-29-8-9-30-10-11-31-16-19-14-21(34-18-22-17-32-12-13-33-22)2-3-23(19)24-25-5-4-20(15-27)26-24/h2-5,14,22,27H,6-13,15-18H2,1H3/t22-/m1/s1. The lowest BCUT2D eigenvalue weighted by Gasteiger charge is -2.23. The van der Waals surface area contributed by atoms with Crippen molar-refractivity contribution in [3.05, 3.63) is 41.7 Å². The zero-order chi connectivity index (χ0) is 23.8. The maximum absolute atomic E-state index is 9.43. The average Bonchev–Trinajstić information content (AvgIpc) is 2.89. The normalized spacial score (nSPS) is 16.0. The summed E-state index contributed by atoms with van der Waals surface area (Å²) in [5.74, 6) is 1.21. The molecule has 0 unspecified atom stereocenters. The van der Waals surface area contributed by atoms with Gasteiger partial charge in [-0.1, -0.05) is 0 Å². The predicted octanol–water partition coefficient (Wildman–Crippen LogP) is 1.63. The topological polar surface area (TPSA) is 111 Å². The van der Waals surface area contributed by atoms with Crippen LogP contribution >= 0.6 is 0 Å².